The molecule has 0 saturated heterocycles. The number of hydrogen-bond acceptors (Lipinski definition) is 5. The Morgan fingerprint density at radius 1 is 1.00 bits per heavy atom. The lowest BCUT2D eigenvalue weighted by atomic mass is 10.1. The molecule has 0 radical (unpaired) electrons. The number of aromatic nitrogens is 4. The molecule has 0 spiro atoms. The molecule has 0 aliphatic rings. The lowest BCUT2D eigenvalue weighted by Crippen LogP contribution is -2.31. The van der Waals surface area contributed by atoms with Gasteiger partial charge in [-0.15, -0.1) is 0 Å². The van der Waals surface area contributed by atoms with E-state index in [0.717, 1.165) is 40.0 Å². The molecule has 0 bridgehead atoms. The number of imidazole rings is 1. The molecule has 2 aromatic carbocycles. The second kappa shape index (κ2) is 9.41. The quantitative estimate of drug-likeness (QED) is 0.408. The van der Waals surface area contributed by atoms with E-state index in [-0.39, 0.29) is 5.91 Å². The summed E-state index contributed by atoms with van der Waals surface area (Å²) >= 11 is 0. The third-order valence-corrected chi connectivity index (χ3v) is 5.75. The molecule has 0 saturated carbocycles. The topological polar surface area (TPSA) is 75.4 Å². The number of amides is 1. The van der Waals surface area contributed by atoms with E-state index in [2.05, 4.69) is 33.5 Å². The molecular weight excluding hydrogens is 424 g/mol. The Morgan fingerprint density at radius 2 is 1.91 bits per heavy atom. The van der Waals surface area contributed by atoms with Crippen molar-refractivity contribution in [2.75, 3.05) is 27.2 Å². The van der Waals surface area contributed by atoms with E-state index in [9.17, 15) is 4.79 Å². The summed E-state index contributed by atoms with van der Waals surface area (Å²) in [4.78, 5) is 23.5. The average molecular weight is 451 g/mol. The van der Waals surface area contributed by atoms with Crippen molar-refractivity contribution < 1.29 is 4.79 Å². The third kappa shape index (κ3) is 4.65. The predicted molar refractivity (Wildman–Crippen MR) is 134 cm³/mol. The van der Waals surface area contributed by atoms with E-state index in [0.29, 0.717) is 18.5 Å². The average Bonchev–Trinajstić information content (AvgIpc) is 3.25. The van der Waals surface area contributed by atoms with Crippen LogP contribution in [0.1, 0.15) is 21.6 Å². The summed E-state index contributed by atoms with van der Waals surface area (Å²) < 4.78 is 1.88. The largest absolute Gasteiger partial charge is 0.351 e. The lowest BCUT2D eigenvalue weighted by Gasteiger charge is -2.11. The van der Waals surface area contributed by atoms with E-state index in [1.165, 1.54) is 5.56 Å². The van der Waals surface area contributed by atoms with Crippen LogP contribution in [0.3, 0.4) is 0 Å². The Hall–Kier alpha value is -4.10. The highest BCUT2D eigenvalue weighted by Crippen LogP contribution is 2.21. The molecular formula is C27H26N6O. The molecule has 5 aromatic rings. The van der Waals surface area contributed by atoms with Gasteiger partial charge in [-0.2, -0.15) is 5.10 Å². The van der Waals surface area contributed by atoms with Crippen molar-refractivity contribution in [2.24, 2.45) is 0 Å². The van der Waals surface area contributed by atoms with Crippen LogP contribution in [0.4, 0.5) is 0 Å². The molecule has 1 N–H and O–H groups in total. The van der Waals surface area contributed by atoms with Crippen LogP contribution in [0, 0.1) is 0 Å². The molecule has 170 valence electrons. The molecule has 34 heavy (non-hydrogen) atoms. The zero-order chi connectivity index (χ0) is 23.5. The van der Waals surface area contributed by atoms with Crippen LogP contribution in [0.25, 0.3) is 27.8 Å². The van der Waals surface area contributed by atoms with Gasteiger partial charge in [0, 0.05) is 42.2 Å². The zero-order valence-corrected chi connectivity index (χ0v) is 19.3. The molecule has 7 nitrogen and oxygen atoms in total. The van der Waals surface area contributed by atoms with Gasteiger partial charge < -0.3 is 10.2 Å². The van der Waals surface area contributed by atoms with Crippen molar-refractivity contribution in [1.29, 1.82) is 0 Å². The van der Waals surface area contributed by atoms with Gasteiger partial charge in [0.15, 0.2) is 5.65 Å². The van der Waals surface area contributed by atoms with E-state index in [1.54, 1.807) is 6.20 Å². The second-order valence-electron chi connectivity index (χ2n) is 8.59. The molecule has 3 aromatic heterocycles. The van der Waals surface area contributed by atoms with Crippen LogP contribution in [-0.2, 0) is 6.42 Å². The van der Waals surface area contributed by atoms with E-state index in [4.69, 9.17) is 5.10 Å². The monoisotopic (exact) mass is 450 g/mol. The maximum absolute atomic E-state index is 12.6. The molecule has 5 rings (SSSR count). The number of rotatable bonds is 7. The Balaban J connectivity index is 1.41. The maximum Gasteiger partial charge on any atom is 0.251 e. The Bertz CT molecular complexity index is 1470. The summed E-state index contributed by atoms with van der Waals surface area (Å²) in [7, 11) is 3.96. The summed E-state index contributed by atoms with van der Waals surface area (Å²) in [5.74, 6) is -0.0844. The lowest BCUT2D eigenvalue weighted by molar-refractivity contribution is 0.0951. The summed E-state index contributed by atoms with van der Waals surface area (Å²) in [6.07, 6.45) is 4.38. The number of nitrogens with one attached hydrogen (secondary N) is 1. The molecule has 0 aliphatic heterocycles. The minimum atomic E-state index is -0.0844. The number of hydrogen-bond donors (Lipinski definition) is 1. The second-order valence-corrected chi connectivity index (χ2v) is 8.59. The van der Waals surface area contributed by atoms with Crippen molar-refractivity contribution in [3.63, 3.8) is 0 Å². The SMILES string of the molecule is CN(C)CCNC(=O)c1cccc(-c2ccc3ncc(Cc4ccc5ncccc5c4)n3n2)c1. The number of pyridine rings is 1. The van der Waals surface area contributed by atoms with E-state index < -0.39 is 0 Å². The first-order valence-corrected chi connectivity index (χ1v) is 11.3. The molecule has 0 atom stereocenters. The standard InChI is InChI=1S/C27H26N6O/c1-32(2)14-13-29-27(34)22-6-3-5-21(17-22)25-10-11-26-30-18-23(33(26)31-25)16-19-8-9-24-20(15-19)7-4-12-28-24/h3-12,15,17-18H,13-14,16H2,1-2H3,(H,29,34). The fraction of sp³-hybridized carbons (Fsp3) is 0.185. The number of likely N-dealkylation sites (N-methyl/N-ethyl adjacent to an activating group) is 1. The fourth-order valence-corrected chi connectivity index (χ4v) is 3.95. The number of fused-ring (bicyclic) bond motifs is 2. The minimum absolute atomic E-state index is 0.0844. The van der Waals surface area contributed by atoms with Gasteiger partial charge in [-0.25, -0.2) is 9.50 Å². The van der Waals surface area contributed by atoms with Crippen molar-refractivity contribution in [3.05, 3.63) is 95.9 Å². The summed E-state index contributed by atoms with van der Waals surface area (Å²) in [5, 5.41) is 8.93. The van der Waals surface area contributed by atoms with Crippen LogP contribution < -0.4 is 5.32 Å². The molecule has 3 heterocycles. The third-order valence-electron chi connectivity index (χ3n) is 5.75. The predicted octanol–water partition coefficient (Wildman–Crippen LogP) is 3.83. The molecule has 0 unspecified atom stereocenters. The maximum atomic E-state index is 12.6. The first-order valence-electron chi connectivity index (χ1n) is 11.3. The Labute approximate surface area is 198 Å². The van der Waals surface area contributed by atoms with Crippen LogP contribution in [0.2, 0.25) is 0 Å². The van der Waals surface area contributed by atoms with Crippen molar-refractivity contribution in [2.45, 2.75) is 6.42 Å². The molecule has 0 fully saturated rings. The molecule has 1 amide bonds. The van der Waals surface area contributed by atoms with Gasteiger partial charge >= 0.3 is 0 Å². The van der Waals surface area contributed by atoms with Crippen LogP contribution >= 0.6 is 0 Å². The van der Waals surface area contributed by atoms with Crippen LogP contribution in [-0.4, -0.2) is 57.6 Å². The summed E-state index contributed by atoms with van der Waals surface area (Å²) in [5.41, 5.74) is 6.24. The first kappa shape index (κ1) is 21.7. The van der Waals surface area contributed by atoms with Gasteiger partial charge in [-0.05, 0) is 62.1 Å². The molecule has 7 heteroatoms. The number of carbonyl (C=O) groups is 1. The van der Waals surface area contributed by atoms with Gasteiger partial charge in [0.05, 0.1) is 23.1 Å². The number of nitrogens with zero attached hydrogens (tertiary/aromatic N) is 5. The highest BCUT2D eigenvalue weighted by atomic mass is 16.1. The Kier molecular flexibility index (Phi) is 6.01. The van der Waals surface area contributed by atoms with Gasteiger partial charge in [0.2, 0.25) is 0 Å². The molecule has 0 aliphatic carbocycles. The minimum Gasteiger partial charge on any atom is -0.351 e. The number of benzene rings is 2. The Morgan fingerprint density at radius 3 is 2.79 bits per heavy atom. The smallest absolute Gasteiger partial charge is 0.251 e. The van der Waals surface area contributed by atoms with Crippen molar-refractivity contribution in [1.82, 2.24) is 29.8 Å². The van der Waals surface area contributed by atoms with E-state index >= 15 is 0 Å². The normalized spacial score (nSPS) is 11.4. The van der Waals surface area contributed by atoms with Gasteiger partial charge in [-0.1, -0.05) is 24.3 Å². The van der Waals surface area contributed by atoms with Gasteiger partial charge in [-0.3, -0.25) is 9.78 Å². The fourth-order valence-electron chi connectivity index (χ4n) is 3.95. The zero-order valence-electron chi connectivity index (χ0n) is 19.3. The summed E-state index contributed by atoms with van der Waals surface area (Å²) in [6.45, 7) is 1.39. The van der Waals surface area contributed by atoms with Gasteiger partial charge in [0.1, 0.15) is 0 Å². The number of carbonyl (C=O) groups excluding carboxylic acids is 1. The van der Waals surface area contributed by atoms with Gasteiger partial charge in [0.25, 0.3) is 5.91 Å². The van der Waals surface area contributed by atoms with Crippen LogP contribution in [0.15, 0.2) is 79.1 Å². The van der Waals surface area contributed by atoms with Crippen molar-refractivity contribution >= 4 is 22.5 Å². The highest BCUT2D eigenvalue weighted by Gasteiger charge is 2.11. The van der Waals surface area contributed by atoms with Crippen molar-refractivity contribution in [3.8, 4) is 11.3 Å². The van der Waals surface area contributed by atoms with E-state index in [1.807, 2.05) is 78.2 Å². The highest BCUT2D eigenvalue weighted by molar-refractivity contribution is 5.95. The first-order chi connectivity index (χ1) is 16.6. The van der Waals surface area contributed by atoms with Crippen LogP contribution in [0.5, 0.6) is 0 Å². The summed E-state index contributed by atoms with van der Waals surface area (Å²) in [6, 6.07) is 21.8.